The molecule has 7 heteroatoms. The molecule has 0 atom stereocenters. The molecule has 4 heterocycles. The number of benzene rings is 7. The van der Waals surface area contributed by atoms with Crippen LogP contribution in [0.5, 0.6) is 0 Å². The topological polar surface area (TPSA) is 68.8 Å². The molecular formula is C50H28N6S. The van der Waals surface area contributed by atoms with Gasteiger partial charge in [-0.3, -0.25) is 9.97 Å². The van der Waals surface area contributed by atoms with Gasteiger partial charge in [0.15, 0.2) is 23.2 Å². The van der Waals surface area contributed by atoms with E-state index >= 15 is 0 Å². The molecule has 7 aromatic carbocycles. The summed E-state index contributed by atoms with van der Waals surface area (Å²) in [6, 6.07) is 54.0. The Morgan fingerprint density at radius 3 is 1.63 bits per heavy atom. The van der Waals surface area contributed by atoms with Crippen LogP contribution >= 0.6 is 11.3 Å². The average molecular weight is 745 g/mol. The number of hydrogen-bond donors (Lipinski definition) is 0. The summed E-state index contributed by atoms with van der Waals surface area (Å²) in [6.45, 7) is 7.43. The van der Waals surface area contributed by atoms with Crippen molar-refractivity contribution in [2.75, 3.05) is 0 Å². The molecule has 57 heavy (non-hydrogen) atoms. The first kappa shape index (κ1) is 32.7. The van der Waals surface area contributed by atoms with Gasteiger partial charge in [-0.05, 0) is 64.4 Å². The lowest BCUT2D eigenvalue weighted by Crippen LogP contribution is -2.00. The fourth-order valence-corrected chi connectivity index (χ4v) is 9.04. The van der Waals surface area contributed by atoms with Crippen LogP contribution in [-0.2, 0) is 0 Å². The summed E-state index contributed by atoms with van der Waals surface area (Å²) >= 11 is 1.78. The van der Waals surface area contributed by atoms with Gasteiger partial charge < -0.3 is 0 Å². The zero-order chi connectivity index (χ0) is 37.9. The van der Waals surface area contributed by atoms with Crippen LogP contribution in [-0.4, -0.2) is 24.9 Å². The van der Waals surface area contributed by atoms with Gasteiger partial charge in [-0.25, -0.2) is 19.8 Å². The van der Waals surface area contributed by atoms with Crippen molar-refractivity contribution in [1.82, 2.24) is 24.9 Å². The van der Waals surface area contributed by atoms with E-state index in [-0.39, 0.29) is 0 Å². The van der Waals surface area contributed by atoms with Gasteiger partial charge in [0.1, 0.15) is 0 Å². The maximum Gasteiger partial charge on any atom is 0.187 e. The molecule has 0 aliphatic rings. The second kappa shape index (κ2) is 13.3. The first-order valence-electron chi connectivity index (χ1n) is 18.6. The largest absolute Gasteiger partial charge is 0.256 e. The summed E-state index contributed by atoms with van der Waals surface area (Å²) in [4.78, 5) is 28.7. The normalized spacial score (nSPS) is 11.5. The Kier molecular flexibility index (Phi) is 7.63. The van der Waals surface area contributed by atoms with E-state index in [2.05, 4.69) is 95.8 Å². The molecule has 0 saturated heterocycles. The molecule has 0 saturated carbocycles. The smallest absolute Gasteiger partial charge is 0.187 e. The predicted octanol–water partition coefficient (Wildman–Crippen LogP) is 13.4. The van der Waals surface area contributed by atoms with Crippen molar-refractivity contribution in [1.29, 1.82) is 0 Å². The van der Waals surface area contributed by atoms with Gasteiger partial charge in [-0.1, -0.05) is 115 Å². The lowest BCUT2D eigenvalue weighted by atomic mass is 9.90. The summed E-state index contributed by atoms with van der Waals surface area (Å²) in [5, 5.41) is 6.77. The summed E-state index contributed by atoms with van der Waals surface area (Å²) in [6.07, 6.45) is 3.69. The van der Waals surface area contributed by atoms with Crippen LogP contribution in [0.2, 0.25) is 0 Å². The number of hydrogen-bond acceptors (Lipinski definition) is 6. The Balaban J connectivity index is 1.09. The summed E-state index contributed by atoms with van der Waals surface area (Å²) in [5.41, 5.74) is 9.20. The highest BCUT2D eigenvalue weighted by molar-refractivity contribution is 7.25. The van der Waals surface area contributed by atoms with Crippen molar-refractivity contribution in [3.8, 4) is 56.4 Å². The number of aromatic nitrogens is 5. The molecule has 0 bridgehead atoms. The molecule has 0 spiro atoms. The van der Waals surface area contributed by atoms with Gasteiger partial charge in [0, 0.05) is 71.2 Å². The Bertz CT molecular complexity index is 3420. The molecule has 6 nitrogen and oxygen atoms in total. The molecule has 0 amide bonds. The predicted molar refractivity (Wildman–Crippen MR) is 234 cm³/mol. The van der Waals surface area contributed by atoms with Crippen LogP contribution in [0.1, 0.15) is 0 Å². The third-order valence-electron chi connectivity index (χ3n) is 10.6. The van der Waals surface area contributed by atoms with Crippen LogP contribution in [0.4, 0.5) is 5.69 Å². The quantitative estimate of drug-likeness (QED) is 0.130. The Hall–Kier alpha value is -7.66. The van der Waals surface area contributed by atoms with Crippen molar-refractivity contribution < 1.29 is 0 Å². The van der Waals surface area contributed by atoms with E-state index in [1.165, 1.54) is 20.2 Å². The standard InChI is InChI=1S/C50H28N6S/c1-51-35-21-18-30(19-22-35)40-28-42-39-16-9-25-53-47(39)41(29-43(42)38-15-8-24-52-46(38)40)32-12-7-13-33(26-32)49-54-48(31-10-3-2-4-11-31)55-50(56-49)34-20-23-37-36-14-5-6-17-44(36)57-45(37)27-34/h2-29H. The van der Waals surface area contributed by atoms with Gasteiger partial charge in [-0.15, -0.1) is 11.3 Å². The van der Waals surface area contributed by atoms with Gasteiger partial charge in [0.2, 0.25) is 0 Å². The maximum absolute atomic E-state index is 7.43. The molecular weight excluding hydrogens is 717 g/mol. The number of fused-ring (bicyclic) bond motifs is 8. The first-order chi connectivity index (χ1) is 28.2. The molecule has 0 radical (unpaired) electrons. The molecule has 0 fully saturated rings. The van der Waals surface area contributed by atoms with Crippen LogP contribution in [0.3, 0.4) is 0 Å². The Morgan fingerprint density at radius 2 is 0.930 bits per heavy atom. The van der Waals surface area contributed by atoms with Crippen molar-refractivity contribution in [2.24, 2.45) is 0 Å². The molecule has 0 aliphatic carbocycles. The molecule has 264 valence electrons. The molecule has 11 rings (SSSR count). The molecule has 0 aliphatic heterocycles. The fourth-order valence-electron chi connectivity index (χ4n) is 7.90. The summed E-state index contributed by atoms with van der Waals surface area (Å²) in [5.74, 6) is 1.84. The molecule has 4 aromatic heterocycles. The van der Waals surface area contributed by atoms with Crippen molar-refractivity contribution in [2.45, 2.75) is 0 Å². The second-order valence-corrected chi connectivity index (χ2v) is 15.0. The Morgan fingerprint density at radius 1 is 0.386 bits per heavy atom. The van der Waals surface area contributed by atoms with Crippen molar-refractivity contribution in [3.05, 3.63) is 182 Å². The van der Waals surface area contributed by atoms with Crippen LogP contribution < -0.4 is 0 Å². The number of rotatable bonds is 5. The average Bonchev–Trinajstić information content (AvgIpc) is 3.67. The minimum absolute atomic E-state index is 0.596. The minimum atomic E-state index is 0.596. The van der Waals surface area contributed by atoms with Crippen LogP contribution in [0.25, 0.3) is 114 Å². The van der Waals surface area contributed by atoms with Crippen LogP contribution in [0, 0.1) is 6.57 Å². The maximum atomic E-state index is 7.43. The fraction of sp³-hybridized carbons (Fsp3) is 0. The third-order valence-corrected chi connectivity index (χ3v) is 11.8. The number of nitrogens with zero attached hydrogens (tertiary/aromatic N) is 6. The van der Waals surface area contributed by atoms with E-state index in [0.717, 1.165) is 71.5 Å². The lowest BCUT2D eigenvalue weighted by Gasteiger charge is -2.15. The van der Waals surface area contributed by atoms with Gasteiger partial charge in [-0.2, -0.15) is 0 Å². The monoisotopic (exact) mass is 744 g/mol. The summed E-state index contributed by atoms with van der Waals surface area (Å²) < 4.78 is 2.46. The molecule has 0 N–H and O–H groups in total. The SMILES string of the molecule is [C-]#[N+]c1ccc(-c2cc3c4cccnc4c(-c4cccc(-c5nc(-c6ccccc6)nc(-c6ccc7c(c6)sc6ccccc67)n5)c4)cc3c3cccnc23)cc1. The van der Waals surface area contributed by atoms with E-state index in [1.807, 2.05) is 79.1 Å². The third kappa shape index (κ3) is 5.58. The zero-order valence-electron chi connectivity index (χ0n) is 30.3. The highest BCUT2D eigenvalue weighted by Gasteiger charge is 2.18. The van der Waals surface area contributed by atoms with E-state index in [0.29, 0.717) is 23.2 Å². The first-order valence-corrected chi connectivity index (χ1v) is 19.4. The highest BCUT2D eigenvalue weighted by Crippen LogP contribution is 2.42. The van der Waals surface area contributed by atoms with Crippen molar-refractivity contribution in [3.63, 3.8) is 0 Å². The number of thiophene rings is 1. The number of pyridine rings is 2. The van der Waals surface area contributed by atoms with Gasteiger partial charge in [0.05, 0.1) is 17.6 Å². The second-order valence-electron chi connectivity index (χ2n) is 14.0. The molecule has 11 aromatic rings. The zero-order valence-corrected chi connectivity index (χ0v) is 31.1. The minimum Gasteiger partial charge on any atom is -0.256 e. The van der Waals surface area contributed by atoms with E-state index in [9.17, 15) is 0 Å². The van der Waals surface area contributed by atoms with Crippen molar-refractivity contribution >= 4 is 69.8 Å². The van der Waals surface area contributed by atoms with Gasteiger partial charge >= 0.3 is 0 Å². The summed E-state index contributed by atoms with van der Waals surface area (Å²) in [7, 11) is 0. The van der Waals surface area contributed by atoms with E-state index in [4.69, 9.17) is 31.5 Å². The highest BCUT2D eigenvalue weighted by atomic mass is 32.1. The van der Waals surface area contributed by atoms with E-state index < -0.39 is 0 Å². The van der Waals surface area contributed by atoms with E-state index in [1.54, 1.807) is 11.3 Å². The molecule has 0 unspecified atom stereocenters. The Labute approximate surface area is 331 Å². The van der Waals surface area contributed by atoms with Crippen LogP contribution in [0.15, 0.2) is 170 Å². The lowest BCUT2D eigenvalue weighted by molar-refractivity contribution is 1.07. The van der Waals surface area contributed by atoms with Gasteiger partial charge in [0.25, 0.3) is 0 Å².